The first-order valence-corrected chi connectivity index (χ1v) is 7.21. The van der Waals surface area contributed by atoms with E-state index < -0.39 is 0 Å². The summed E-state index contributed by atoms with van der Waals surface area (Å²) in [6.45, 7) is 2.34. The van der Waals surface area contributed by atoms with Gasteiger partial charge in [-0.25, -0.2) is 0 Å². The molecule has 102 valence electrons. The van der Waals surface area contributed by atoms with Gasteiger partial charge in [0.05, 0.1) is 31.3 Å². The minimum absolute atomic E-state index is 0.0252. The van der Waals surface area contributed by atoms with Gasteiger partial charge in [-0.1, -0.05) is 60.7 Å². The predicted molar refractivity (Wildman–Crippen MR) is 77.6 cm³/mol. The zero-order valence-electron chi connectivity index (χ0n) is 11.4. The maximum Gasteiger partial charge on any atom is 0.0948 e. The van der Waals surface area contributed by atoms with Crippen LogP contribution in [0.1, 0.15) is 17.2 Å². The lowest BCUT2D eigenvalue weighted by Crippen LogP contribution is -2.36. The van der Waals surface area contributed by atoms with Crippen molar-refractivity contribution in [1.82, 2.24) is 0 Å². The third kappa shape index (κ3) is 1.65. The van der Waals surface area contributed by atoms with Crippen LogP contribution in [0.5, 0.6) is 0 Å². The summed E-state index contributed by atoms with van der Waals surface area (Å²) >= 11 is 0. The lowest BCUT2D eigenvalue weighted by atomic mass is 9.69. The van der Waals surface area contributed by atoms with Gasteiger partial charge in [-0.15, -0.1) is 0 Å². The molecule has 2 nitrogen and oxygen atoms in total. The number of rotatable bonds is 2. The second kappa shape index (κ2) is 4.72. The second-order valence-electron chi connectivity index (χ2n) is 5.74. The fraction of sp³-hybridized carbons (Fsp3) is 0.333. The van der Waals surface area contributed by atoms with Crippen molar-refractivity contribution in [3.63, 3.8) is 0 Å². The number of hydrogen-bond donors (Lipinski definition) is 0. The van der Waals surface area contributed by atoms with Gasteiger partial charge >= 0.3 is 0 Å². The molecular weight excluding hydrogens is 248 g/mol. The summed E-state index contributed by atoms with van der Waals surface area (Å²) in [6, 6.07) is 21.3. The molecular formula is C18H18O2. The standard InChI is InChI=1S/C18H18O2/c1-3-7-14(8-4-1)17-18(15-9-5-2-6-10-15)13-19-11-16(18)12-20-17/h1-10,16-17H,11-13H2. The van der Waals surface area contributed by atoms with E-state index in [1.54, 1.807) is 0 Å². The van der Waals surface area contributed by atoms with Crippen LogP contribution < -0.4 is 0 Å². The van der Waals surface area contributed by atoms with Crippen LogP contribution in [-0.2, 0) is 14.9 Å². The molecule has 3 atom stereocenters. The summed E-state index contributed by atoms with van der Waals surface area (Å²) in [5.41, 5.74) is 2.57. The molecule has 0 bridgehead atoms. The molecule has 2 fully saturated rings. The smallest absolute Gasteiger partial charge is 0.0948 e. The van der Waals surface area contributed by atoms with E-state index in [0.717, 1.165) is 19.8 Å². The highest BCUT2D eigenvalue weighted by Crippen LogP contribution is 2.53. The van der Waals surface area contributed by atoms with Crippen LogP contribution in [0, 0.1) is 5.92 Å². The van der Waals surface area contributed by atoms with E-state index in [1.165, 1.54) is 11.1 Å². The quantitative estimate of drug-likeness (QED) is 0.830. The van der Waals surface area contributed by atoms with Crippen molar-refractivity contribution < 1.29 is 9.47 Å². The van der Waals surface area contributed by atoms with E-state index in [9.17, 15) is 0 Å². The minimum atomic E-state index is -0.0252. The van der Waals surface area contributed by atoms with Crippen molar-refractivity contribution >= 4 is 0 Å². The van der Waals surface area contributed by atoms with Crippen LogP contribution in [0.2, 0.25) is 0 Å². The van der Waals surface area contributed by atoms with E-state index in [1.807, 2.05) is 0 Å². The molecule has 2 aliphatic rings. The van der Waals surface area contributed by atoms with E-state index in [2.05, 4.69) is 60.7 Å². The van der Waals surface area contributed by atoms with Gasteiger partial charge < -0.3 is 9.47 Å². The second-order valence-corrected chi connectivity index (χ2v) is 5.74. The van der Waals surface area contributed by atoms with Crippen LogP contribution in [-0.4, -0.2) is 19.8 Å². The maximum absolute atomic E-state index is 6.18. The Morgan fingerprint density at radius 1 is 0.850 bits per heavy atom. The Labute approximate surface area is 119 Å². The molecule has 0 aromatic heterocycles. The van der Waals surface area contributed by atoms with Crippen molar-refractivity contribution in [2.24, 2.45) is 5.92 Å². The van der Waals surface area contributed by atoms with E-state index >= 15 is 0 Å². The molecule has 2 heteroatoms. The van der Waals surface area contributed by atoms with Crippen molar-refractivity contribution in [2.45, 2.75) is 11.5 Å². The van der Waals surface area contributed by atoms with Crippen molar-refractivity contribution in [2.75, 3.05) is 19.8 Å². The predicted octanol–water partition coefficient (Wildman–Crippen LogP) is 3.34. The highest BCUT2D eigenvalue weighted by Gasteiger charge is 2.56. The number of fused-ring (bicyclic) bond motifs is 1. The molecule has 2 heterocycles. The number of benzene rings is 2. The Morgan fingerprint density at radius 2 is 1.55 bits per heavy atom. The van der Waals surface area contributed by atoms with Gasteiger partial charge in [0, 0.05) is 5.92 Å². The zero-order valence-corrected chi connectivity index (χ0v) is 11.4. The summed E-state index contributed by atoms with van der Waals surface area (Å²) in [6.07, 6.45) is 0.0959. The Morgan fingerprint density at radius 3 is 2.30 bits per heavy atom. The molecule has 3 unspecified atom stereocenters. The van der Waals surface area contributed by atoms with Crippen LogP contribution in [0.25, 0.3) is 0 Å². The van der Waals surface area contributed by atoms with Crippen molar-refractivity contribution in [3.8, 4) is 0 Å². The fourth-order valence-electron chi connectivity index (χ4n) is 3.72. The summed E-state index contributed by atoms with van der Waals surface area (Å²) in [7, 11) is 0. The van der Waals surface area contributed by atoms with E-state index in [-0.39, 0.29) is 11.5 Å². The molecule has 0 N–H and O–H groups in total. The molecule has 2 aromatic rings. The lowest BCUT2D eigenvalue weighted by molar-refractivity contribution is 0.0395. The lowest BCUT2D eigenvalue weighted by Gasteiger charge is -2.33. The first-order valence-electron chi connectivity index (χ1n) is 7.21. The molecule has 2 aliphatic heterocycles. The number of ether oxygens (including phenoxy) is 2. The molecule has 0 spiro atoms. The SMILES string of the molecule is c1ccc(C2OCC3COCC32c2ccccc2)cc1. The molecule has 0 amide bonds. The van der Waals surface area contributed by atoms with Crippen LogP contribution >= 0.6 is 0 Å². The normalized spacial score (nSPS) is 32.2. The van der Waals surface area contributed by atoms with Gasteiger partial charge in [0.1, 0.15) is 0 Å². The third-order valence-electron chi connectivity index (χ3n) is 4.73. The third-order valence-corrected chi connectivity index (χ3v) is 4.73. The van der Waals surface area contributed by atoms with Crippen molar-refractivity contribution in [1.29, 1.82) is 0 Å². The van der Waals surface area contributed by atoms with Crippen LogP contribution in [0.3, 0.4) is 0 Å². The van der Waals surface area contributed by atoms with E-state index in [0.29, 0.717) is 5.92 Å². The molecule has 0 radical (unpaired) electrons. The van der Waals surface area contributed by atoms with Crippen LogP contribution in [0.15, 0.2) is 60.7 Å². The maximum atomic E-state index is 6.18. The fourth-order valence-corrected chi connectivity index (χ4v) is 3.72. The van der Waals surface area contributed by atoms with Gasteiger partial charge in [-0.05, 0) is 11.1 Å². The highest BCUT2D eigenvalue weighted by atomic mass is 16.5. The Balaban J connectivity index is 1.84. The van der Waals surface area contributed by atoms with Gasteiger partial charge in [0.2, 0.25) is 0 Å². The number of hydrogen-bond acceptors (Lipinski definition) is 2. The topological polar surface area (TPSA) is 18.5 Å². The Kier molecular flexibility index (Phi) is 2.86. The highest BCUT2D eigenvalue weighted by molar-refractivity contribution is 5.36. The first-order chi connectivity index (χ1) is 9.91. The summed E-state index contributed by atoms with van der Waals surface area (Å²) < 4.78 is 12.0. The average Bonchev–Trinajstić information content (AvgIpc) is 3.08. The van der Waals surface area contributed by atoms with Crippen LogP contribution in [0.4, 0.5) is 0 Å². The zero-order chi connectivity index (χ0) is 13.4. The molecule has 2 aromatic carbocycles. The monoisotopic (exact) mass is 266 g/mol. The summed E-state index contributed by atoms with van der Waals surface area (Å²) in [5, 5.41) is 0. The first kappa shape index (κ1) is 12.1. The average molecular weight is 266 g/mol. The van der Waals surface area contributed by atoms with Crippen molar-refractivity contribution in [3.05, 3.63) is 71.8 Å². The minimum Gasteiger partial charge on any atom is -0.380 e. The Bertz CT molecular complexity index is 581. The summed E-state index contributed by atoms with van der Waals surface area (Å²) in [5.74, 6) is 0.454. The molecule has 4 rings (SSSR count). The molecule has 20 heavy (non-hydrogen) atoms. The van der Waals surface area contributed by atoms with Gasteiger partial charge in [-0.2, -0.15) is 0 Å². The largest absolute Gasteiger partial charge is 0.380 e. The van der Waals surface area contributed by atoms with Gasteiger partial charge in [-0.3, -0.25) is 0 Å². The van der Waals surface area contributed by atoms with Gasteiger partial charge in [0.15, 0.2) is 0 Å². The summed E-state index contributed by atoms with van der Waals surface area (Å²) in [4.78, 5) is 0. The molecule has 0 saturated carbocycles. The van der Waals surface area contributed by atoms with Gasteiger partial charge in [0.25, 0.3) is 0 Å². The van der Waals surface area contributed by atoms with E-state index in [4.69, 9.17) is 9.47 Å². The Hall–Kier alpha value is -1.64. The molecule has 0 aliphatic carbocycles. The molecule has 2 saturated heterocycles.